The third-order valence-electron chi connectivity index (χ3n) is 10.9. The molecule has 7 rings (SSSR count). The summed E-state index contributed by atoms with van der Waals surface area (Å²) in [6.45, 7) is 9.05. The van der Waals surface area contributed by atoms with Gasteiger partial charge in [0.2, 0.25) is 0 Å². The van der Waals surface area contributed by atoms with E-state index in [-0.39, 0.29) is 28.2 Å². The summed E-state index contributed by atoms with van der Waals surface area (Å²) < 4.78 is 6.22. The predicted octanol–water partition coefficient (Wildman–Crippen LogP) is 4.47. The number of carbonyl (C=O) groups is 2. The fraction of sp³-hybridized carbons (Fsp3) is 0.760. The molecule has 0 bridgehead atoms. The van der Waals surface area contributed by atoms with Gasteiger partial charge in [0.25, 0.3) is 0 Å². The zero-order valence-electron chi connectivity index (χ0n) is 17.0. The van der Waals surface area contributed by atoms with Gasteiger partial charge in [-0.1, -0.05) is 26.0 Å². The van der Waals surface area contributed by atoms with Crippen molar-refractivity contribution in [1.82, 2.24) is 0 Å². The van der Waals surface area contributed by atoms with Crippen molar-refractivity contribution in [2.45, 2.75) is 64.4 Å². The summed E-state index contributed by atoms with van der Waals surface area (Å²) in [6, 6.07) is 0. The van der Waals surface area contributed by atoms with Crippen molar-refractivity contribution >= 4 is 11.8 Å². The molecule has 0 N–H and O–H groups in total. The fourth-order valence-electron chi connectivity index (χ4n) is 9.79. The van der Waals surface area contributed by atoms with Gasteiger partial charge in [-0.15, -0.1) is 0 Å². The van der Waals surface area contributed by atoms with Gasteiger partial charge in [-0.3, -0.25) is 9.59 Å². The second-order valence-corrected chi connectivity index (χ2v) is 11.7. The van der Waals surface area contributed by atoms with Gasteiger partial charge in [0.05, 0.1) is 0 Å². The van der Waals surface area contributed by atoms with Gasteiger partial charge in [0, 0.05) is 17.8 Å². The van der Waals surface area contributed by atoms with Crippen LogP contribution in [0.15, 0.2) is 23.8 Å². The van der Waals surface area contributed by atoms with Gasteiger partial charge in [0.1, 0.15) is 5.60 Å². The summed E-state index contributed by atoms with van der Waals surface area (Å²) in [6.07, 6.45) is 9.37. The van der Waals surface area contributed by atoms with Gasteiger partial charge in [-0.25, -0.2) is 0 Å². The highest BCUT2D eigenvalue weighted by Gasteiger charge is 2.81. The van der Waals surface area contributed by atoms with Crippen LogP contribution in [0.4, 0.5) is 0 Å². The summed E-state index contributed by atoms with van der Waals surface area (Å²) in [7, 11) is 0. The standard InChI is InChI=1S/C25H30O3/c1-12-11-23(2)16-4-6-24(3)22(15-9-18(15)25(24)7-5-20(27)28-25)21(16)14-8-13(14)17(23)10-19(12)26/h10,13-16,18,21-22H,1,4-9,11H2,2-3H3/t13?,14?,15?,16?,18?,21?,22?,23?,24?,25-/m0/s1. The lowest BCUT2D eigenvalue weighted by atomic mass is 9.45. The summed E-state index contributed by atoms with van der Waals surface area (Å²) in [5.41, 5.74) is 2.42. The molecule has 1 spiro atoms. The van der Waals surface area contributed by atoms with Crippen LogP contribution in [0, 0.1) is 52.3 Å². The Morgan fingerprint density at radius 1 is 1.11 bits per heavy atom. The van der Waals surface area contributed by atoms with Crippen LogP contribution in [0.5, 0.6) is 0 Å². The molecule has 3 nitrogen and oxygen atoms in total. The molecule has 9 unspecified atom stereocenters. The second-order valence-electron chi connectivity index (χ2n) is 11.7. The van der Waals surface area contributed by atoms with Crippen molar-refractivity contribution in [2.24, 2.45) is 52.3 Å². The van der Waals surface area contributed by atoms with Crippen LogP contribution in [0.3, 0.4) is 0 Å². The summed E-state index contributed by atoms with van der Waals surface area (Å²) >= 11 is 0. The molecule has 10 atom stereocenters. The monoisotopic (exact) mass is 378 g/mol. The highest BCUT2D eigenvalue weighted by molar-refractivity contribution is 6.05. The lowest BCUT2D eigenvalue weighted by Crippen LogP contribution is -2.57. The first-order chi connectivity index (χ1) is 13.3. The highest BCUT2D eigenvalue weighted by atomic mass is 16.6. The average molecular weight is 379 g/mol. The molecule has 1 saturated heterocycles. The molecule has 0 aromatic carbocycles. The van der Waals surface area contributed by atoms with Crippen LogP contribution in [-0.4, -0.2) is 17.4 Å². The first-order valence-electron chi connectivity index (χ1n) is 11.5. The Morgan fingerprint density at radius 2 is 1.93 bits per heavy atom. The van der Waals surface area contributed by atoms with Crippen molar-refractivity contribution in [3.05, 3.63) is 23.8 Å². The molecule has 0 radical (unpaired) electrons. The fourth-order valence-corrected chi connectivity index (χ4v) is 9.79. The largest absolute Gasteiger partial charge is 0.458 e. The Morgan fingerprint density at radius 3 is 2.68 bits per heavy atom. The predicted molar refractivity (Wildman–Crippen MR) is 104 cm³/mol. The van der Waals surface area contributed by atoms with E-state index in [0.717, 1.165) is 36.2 Å². The van der Waals surface area contributed by atoms with E-state index in [4.69, 9.17) is 4.74 Å². The quantitative estimate of drug-likeness (QED) is 0.461. The number of ketones is 1. The molecule has 148 valence electrons. The van der Waals surface area contributed by atoms with Crippen LogP contribution in [0.1, 0.15) is 58.8 Å². The number of allylic oxidation sites excluding steroid dienone is 2. The van der Waals surface area contributed by atoms with E-state index in [2.05, 4.69) is 20.4 Å². The minimum absolute atomic E-state index is 0.0434. The molecule has 7 aliphatic rings. The molecular weight excluding hydrogens is 348 g/mol. The van der Waals surface area contributed by atoms with Crippen LogP contribution in [0.2, 0.25) is 0 Å². The van der Waals surface area contributed by atoms with E-state index in [0.29, 0.717) is 30.1 Å². The minimum Gasteiger partial charge on any atom is -0.458 e. The highest BCUT2D eigenvalue weighted by Crippen LogP contribution is 2.82. The first kappa shape index (κ1) is 16.4. The van der Waals surface area contributed by atoms with Crippen molar-refractivity contribution < 1.29 is 14.3 Å². The Bertz CT molecular complexity index is 899. The number of esters is 1. The zero-order chi connectivity index (χ0) is 19.2. The smallest absolute Gasteiger partial charge is 0.306 e. The van der Waals surface area contributed by atoms with Gasteiger partial charge in [-0.2, -0.15) is 0 Å². The summed E-state index contributed by atoms with van der Waals surface area (Å²) in [4.78, 5) is 24.6. The number of carbonyl (C=O) groups excluding carboxylic acids is 2. The number of hydrogen-bond acceptors (Lipinski definition) is 3. The maximum Gasteiger partial charge on any atom is 0.306 e. The lowest BCUT2D eigenvalue weighted by Gasteiger charge is -2.60. The van der Waals surface area contributed by atoms with Crippen molar-refractivity contribution in [2.75, 3.05) is 0 Å². The van der Waals surface area contributed by atoms with E-state index < -0.39 is 0 Å². The van der Waals surface area contributed by atoms with Crippen LogP contribution < -0.4 is 0 Å². The maximum atomic E-state index is 12.4. The zero-order valence-corrected chi connectivity index (χ0v) is 17.0. The average Bonchev–Trinajstić information content (AvgIpc) is 3.54. The Labute approximate surface area is 167 Å². The minimum atomic E-state index is -0.155. The molecular formula is C25H30O3. The topological polar surface area (TPSA) is 43.4 Å². The number of fused-ring (bicyclic) bond motifs is 12. The molecule has 1 aliphatic heterocycles. The van der Waals surface area contributed by atoms with E-state index in [1.807, 2.05) is 6.08 Å². The SMILES string of the molecule is C=C1CC2(C)C(=CC1=O)C1CC1C1C2CCC2(C)C1C1CC1[C@@]21CCC(=O)O1. The van der Waals surface area contributed by atoms with E-state index >= 15 is 0 Å². The third-order valence-corrected chi connectivity index (χ3v) is 10.9. The van der Waals surface area contributed by atoms with Gasteiger partial charge < -0.3 is 4.74 Å². The Kier molecular flexibility index (Phi) is 2.65. The molecule has 28 heavy (non-hydrogen) atoms. The van der Waals surface area contributed by atoms with Gasteiger partial charge >= 0.3 is 5.97 Å². The molecule has 0 aromatic rings. The van der Waals surface area contributed by atoms with Gasteiger partial charge in [-0.05, 0) is 91.1 Å². The van der Waals surface area contributed by atoms with E-state index in [1.54, 1.807) is 0 Å². The van der Waals surface area contributed by atoms with Crippen molar-refractivity contribution in [3.63, 3.8) is 0 Å². The maximum absolute atomic E-state index is 12.4. The van der Waals surface area contributed by atoms with Crippen LogP contribution in [-0.2, 0) is 14.3 Å². The normalized spacial score (nSPS) is 60.3. The Balaban J connectivity index is 1.34. The molecule has 0 aromatic heterocycles. The molecule has 3 heteroatoms. The number of rotatable bonds is 0. The van der Waals surface area contributed by atoms with E-state index in [1.165, 1.54) is 31.3 Å². The lowest BCUT2D eigenvalue weighted by molar-refractivity contribution is -0.177. The number of hydrogen-bond donors (Lipinski definition) is 0. The van der Waals surface area contributed by atoms with Crippen molar-refractivity contribution in [3.8, 4) is 0 Å². The first-order valence-corrected chi connectivity index (χ1v) is 11.5. The Hall–Kier alpha value is -1.38. The van der Waals surface area contributed by atoms with Crippen molar-refractivity contribution in [1.29, 1.82) is 0 Å². The summed E-state index contributed by atoms with van der Waals surface area (Å²) in [5.74, 6) is 5.14. The summed E-state index contributed by atoms with van der Waals surface area (Å²) in [5, 5.41) is 0. The van der Waals surface area contributed by atoms with Gasteiger partial charge in [0.15, 0.2) is 5.78 Å². The molecule has 6 fully saturated rings. The molecule has 0 amide bonds. The van der Waals surface area contributed by atoms with Crippen LogP contribution in [0.25, 0.3) is 0 Å². The van der Waals surface area contributed by atoms with E-state index in [9.17, 15) is 9.59 Å². The molecule has 5 saturated carbocycles. The molecule has 1 heterocycles. The molecule has 6 aliphatic carbocycles. The third kappa shape index (κ3) is 1.57. The van der Waals surface area contributed by atoms with Crippen LogP contribution >= 0.6 is 0 Å². The number of ether oxygens (including phenoxy) is 1. The second kappa shape index (κ2) is 4.52.